The Labute approximate surface area is 109 Å². The monoisotopic (exact) mass is 271 g/mol. The fourth-order valence-corrected chi connectivity index (χ4v) is 2.96. The first-order valence-corrected chi connectivity index (χ1v) is 7.69. The van der Waals surface area contributed by atoms with E-state index in [0.717, 1.165) is 12.8 Å². The van der Waals surface area contributed by atoms with E-state index in [9.17, 15) is 13.0 Å². The van der Waals surface area contributed by atoms with Crippen molar-refractivity contribution in [3.63, 3.8) is 0 Å². The second kappa shape index (κ2) is 6.20. The third kappa shape index (κ3) is 3.46. The van der Waals surface area contributed by atoms with Gasteiger partial charge < -0.3 is 5.32 Å². The van der Waals surface area contributed by atoms with Crippen LogP contribution < -0.4 is 5.32 Å². The lowest BCUT2D eigenvalue weighted by atomic mass is 10.1. The first-order valence-electron chi connectivity index (χ1n) is 6.25. The van der Waals surface area contributed by atoms with Crippen LogP contribution >= 0.6 is 0 Å². The van der Waals surface area contributed by atoms with E-state index in [1.54, 1.807) is 19.1 Å². The van der Waals surface area contributed by atoms with Crippen molar-refractivity contribution >= 4 is 15.8 Å². The Morgan fingerprint density at radius 3 is 2.28 bits per heavy atom. The number of hydrogen-bond acceptors (Lipinski definition) is 3. The topological polar surface area (TPSA) is 66.4 Å². The van der Waals surface area contributed by atoms with Crippen LogP contribution in [0, 0.1) is 0 Å². The molecule has 1 unspecified atom stereocenters. The van der Waals surface area contributed by atoms with E-state index in [1.807, 2.05) is 25.1 Å². The Hall–Kier alpha value is -1.07. The molecule has 0 aliphatic rings. The minimum Gasteiger partial charge on any atom is -0.365 e. The van der Waals surface area contributed by atoms with E-state index in [-0.39, 0.29) is 0 Å². The molecule has 0 aliphatic heterocycles. The van der Waals surface area contributed by atoms with E-state index in [4.69, 9.17) is 0 Å². The maximum Gasteiger partial charge on any atom is 0.289 e. The van der Waals surface area contributed by atoms with Crippen LogP contribution in [0.1, 0.15) is 39.5 Å². The Kier molecular flexibility index (Phi) is 5.16. The van der Waals surface area contributed by atoms with E-state index in [2.05, 4.69) is 5.32 Å². The van der Waals surface area contributed by atoms with Gasteiger partial charge in [0.1, 0.15) is 0 Å². The molecule has 0 aliphatic carbocycles. The lowest BCUT2D eigenvalue weighted by Crippen LogP contribution is -2.45. The predicted octanol–water partition coefficient (Wildman–Crippen LogP) is 3.28. The summed E-state index contributed by atoms with van der Waals surface area (Å²) in [5.41, 5.74) is 0.702. The average Bonchev–Trinajstić information content (AvgIpc) is 2.34. The van der Waals surface area contributed by atoms with Crippen molar-refractivity contribution in [3.05, 3.63) is 30.3 Å². The number of para-hydroxylation sites is 1. The van der Waals surface area contributed by atoms with Crippen LogP contribution in [0.3, 0.4) is 0 Å². The quantitative estimate of drug-likeness (QED) is 0.747. The Morgan fingerprint density at radius 1 is 1.22 bits per heavy atom. The molecule has 2 N–H and O–H groups in total. The number of anilines is 1. The SMILES string of the molecule is CCCCC(CC)(Nc1ccccc1)S(=O)(=O)O. The van der Waals surface area contributed by atoms with Crippen molar-refractivity contribution in [1.29, 1.82) is 0 Å². The van der Waals surface area contributed by atoms with Crippen LogP contribution in [-0.2, 0) is 10.1 Å². The zero-order chi connectivity index (χ0) is 13.6. The summed E-state index contributed by atoms with van der Waals surface area (Å²) >= 11 is 0. The summed E-state index contributed by atoms with van der Waals surface area (Å²) in [5.74, 6) is 0. The van der Waals surface area contributed by atoms with Crippen LogP contribution in [0.5, 0.6) is 0 Å². The van der Waals surface area contributed by atoms with Crippen LogP contribution in [-0.4, -0.2) is 17.8 Å². The number of rotatable bonds is 7. The molecule has 4 nitrogen and oxygen atoms in total. The molecule has 0 saturated heterocycles. The van der Waals surface area contributed by atoms with Gasteiger partial charge in [-0.3, -0.25) is 4.55 Å². The second-order valence-electron chi connectivity index (χ2n) is 4.42. The van der Waals surface area contributed by atoms with Gasteiger partial charge in [-0.15, -0.1) is 0 Å². The van der Waals surface area contributed by atoms with Crippen molar-refractivity contribution < 1.29 is 13.0 Å². The maximum atomic E-state index is 11.7. The van der Waals surface area contributed by atoms with Gasteiger partial charge in [-0.25, -0.2) is 0 Å². The van der Waals surface area contributed by atoms with Gasteiger partial charge in [0.15, 0.2) is 4.87 Å². The van der Waals surface area contributed by atoms with Gasteiger partial charge in [0, 0.05) is 5.69 Å². The van der Waals surface area contributed by atoms with Gasteiger partial charge >= 0.3 is 0 Å². The fraction of sp³-hybridized carbons (Fsp3) is 0.538. The first-order chi connectivity index (χ1) is 8.45. The molecule has 0 saturated carbocycles. The summed E-state index contributed by atoms with van der Waals surface area (Å²) in [5, 5.41) is 2.98. The van der Waals surface area contributed by atoms with Crippen LogP contribution in [0.4, 0.5) is 5.69 Å². The van der Waals surface area contributed by atoms with Crippen molar-refractivity contribution in [2.45, 2.75) is 44.4 Å². The molecular formula is C13H21NO3S. The van der Waals surface area contributed by atoms with E-state index in [1.165, 1.54) is 0 Å². The van der Waals surface area contributed by atoms with E-state index in [0.29, 0.717) is 18.5 Å². The molecule has 5 heteroatoms. The summed E-state index contributed by atoms with van der Waals surface area (Å²) in [6.07, 6.45) is 2.34. The van der Waals surface area contributed by atoms with E-state index < -0.39 is 15.0 Å². The summed E-state index contributed by atoms with van der Waals surface area (Å²) in [7, 11) is -4.16. The molecule has 18 heavy (non-hydrogen) atoms. The lowest BCUT2D eigenvalue weighted by Gasteiger charge is -2.31. The Morgan fingerprint density at radius 2 is 1.83 bits per heavy atom. The van der Waals surface area contributed by atoms with Gasteiger partial charge in [-0.1, -0.05) is 44.9 Å². The van der Waals surface area contributed by atoms with Crippen molar-refractivity contribution in [1.82, 2.24) is 0 Å². The highest BCUT2D eigenvalue weighted by Gasteiger charge is 2.40. The van der Waals surface area contributed by atoms with Crippen molar-refractivity contribution in [2.75, 3.05) is 5.32 Å². The van der Waals surface area contributed by atoms with Crippen LogP contribution in [0.15, 0.2) is 30.3 Å². The van der Waals surface area contributed by atoms with Crippen LogP contribution in [0.2, 0.25) is 0 Å². The zero-order valence-electron chi connectivity index (χ0n) is 10.9. The molecule has 1 atom stereocenters. The highest BCUT2D eigenvalue weighted by atomic mass is 32.2. The molecule has 0 heterocycles. The highest BCUT2D eigenvalue weighted by Crippen LogP contribution is 2.29. The molecule has 1 rings (SSSR count). The predicted molar refractivity (Wildman–Crippen MR) is 74.2 cm³/mol. The molecule has 102 valence electrons. The molecule has 0 radical (unpaired) electrons. The fourth-order valence-electron chi connectivity index (χ4n) is 1.95. The Bertz CT molecular complexity index is 458. The van der Waals surface area contributed by atoms with Gasteiger partial charge in [-0.05, 0) is 25.0 Å². The minimum absolute atomic E-state index is 0.320. The molecule has 0 aromatic heterocycles. The average molecular weight is 271 g/mol. The van der Waals surface area contributed by atoms with Crippen molar-refractivity contribution in [3.8, 4) is 0 Å². The third-order valence-corrected chi connectivity index (χ3v) is 4.73. The molecule has 0 bridgehead atoms. The molecule has 1 aromatic rings. The van der Waals surface area contributed by atoms with Gasteiger partial charge in [-0.2, -0.15) is 8.42 Å². The standard InChI is InChI=1S/C13H21NO3S/c1-3-5-11-13(4-2,18(15,16)17)14-12-9-7-6-8-10-12/h6-10,14H,3-5,11H2,1-2H3,(H,15,16,17). The minimum atomic E-state index is -4.16. The lowest BCUT2D eigenvalue weighted by molar-refractivity contribution is 0.412. The summed E-state index contributed by atoms with van der Waals surface area (Å²) in [4.78, 5) is -1.29. The van der Waals surface area contributed by atoms with Gasteiger partial charge in [0.05, 0.1) is 0 Å². The number of hydrogen-bond donors (Lipinski definition) is 2. The number of nitrogens with one attached hydrogen (secondary N) is 1. The maximum absolute atomic E-state index is 11.7. The second-order valence-corrected chi connectivity index (χ2v) is 6.15. The van der Waals surface area contributed by atoms with Crippen LogP contribution in [0.25, 0.3) is 0 Å². The molecular weight excluding hydrogens is 250 g/mol. The van der Waals surface area contributed by atoms with Crippen molar-refractivity contribution in [2.24, 2.45) is 0 Å². The summed E-state index contributed by atoms with van der Waals surface area (Å²) in [6, 6.07) is 9.10. The number of benzene rings is 1. The molecule has 0 amide bonds. The summed E-state index contributed by atoms with van der Waals surface area (Å²) < 4.78 is 32.9. The molecule has 0 spiro atoms. The molecule has 0 fully saturated rings. The highest BCUT2D eigenvalue weighted by molar-refractivity contribution is 7.87. The summed E-state index contributed by atoms with van der Waals surface area (Å²) in [6.45, 7) is 3.76. The van der Waals surface area contributed by atoms with Gasteiger partial charge in [0.25, 0.3) is 10.1 Å². The zero-order valence-corrected chi connectivity index (χ0v) is 11.7. The third-order valence-electron chi connectivity index (χ3n) is 3.14. The van der Waals surface area contributed by atoms with Gasteiger partial charge in [0.2, 0.25) is 0 Å². The number of unbranched alkanes of at least 4 members (excludes halogenated alkanes) is 1. The normalized spacial score (nSPS) is 15.1. The first kappa shape index (κ1) is 15.0. The Balaban J connectivity index is 3.04. The molecule has 1 aromatic carbocycles. The van der Waals surface area contributed by atoms with E-state index >= 15 is 0 Å². The largest absolute Gasteiger partial charge is 0.365 e. The smallest absolute Gasteiger partial charge is 0.289 e.